The van der Waals surface area contributed by atoms with Gasteiger partial charge in [0.2, 0.25) is 0 Å². The third-order valence-corrected chi connectivity index (χ3v) is 0. The van der Waals surface area contributed by atoms with Crippen molar-refractivity contribution in [3.05, 3.63) is 0 Å². The fourth-order valence-electron chi connectivity index (χ4n) is 0. The number of hydrogen-bond acceptors (Lipinski definition) is 1. The molecular formula is H5CaMoO4PZn. The summed E-state index contributed by atoms with van der Waals surface area (Å²) in [6, 6.07) is 0. The molecule has 0 radical (unpaired) electrons. The summed E-state index contributed by atoms with van der Waals surface area (Å²) in [6.45, 7) is 0. The van der Waals surface area contributed by atoms with Gasteiger partial charge in [0.25, 0.3) is 0 Å². The summed E-state index contributed by atoms with van der Waals surface area (Å²) < 4.78 is 8.88. The maximum Gasteiger partial charge on any atom is 2.00 e. The first-order chi connectivity index (χ1) is 2.00. The molecule has 0 bridgehead atoms. The van der Waals surface area contributed by atoms with Crippen LogP contribution in [0.2, 0.25) is 0 Å². The van der Waals surface area contributed by atoms with Crippen LogP contribution in [-0.4, -0.2) is 52.4 Å². The Morgan fingerprint density at radius 1 is 1.25 bits per heavy atom. The van der Waals surface area contributed by atoms with Crippen LogP contribution in [0.15, 0.2) is 0 Å². The van der Waals surface area contributed by atoms with Gasteiger partial charge in [-0.3, -0.25) is 0 Å². The molecule has 3 N–H and O–H groups in total. The molecule has 0 aromatic carbocycles. The molecule has 0 aromatic rings. The molecular weight excluding hydrogens is 296 g/mol. The van der Waals surface area contributed by atoms with Gasteiger partial charge in [0.1, 0.15) is 0 Å². The minimum Gasteiger partial charge on any atom is -1.00 e. The second-order valence-corrected chi connectivity index (χ2v) is 1.54. The molecule has 0 aromatic heterocycles. The molecule has 0 aliphatic heterocycles. The van der Waals surface area contributed by atoms with Crippen LogP contribution in [-0.2, 0) is 45.1 Å². The average Bonchev–Trinajstić information content (AvgIpc) is 0.722. The average molecular weight is 301 g/mol. The summed E-state index contributed by atoms with van der Waals surface area (Å²) in [5, 5.41) is 0. The van der Waals surface area contributed by atoms with Crippen LogP contribution in [0.1, 0.15) is 2.85 Å². The van der Waals surface area contributed by atoms with E-state index in [2.05, 4.69) is 0 Å². The van der Waals surface area contributed by atoms with Crippen molar-refractivity contribution < 1.29 is 62.6 Å². The topological polar surface area (TPSA) is 77.8 Å². The Morgan fingerprint density at radius 2 is 1.25 bits per heavy atom. The minimum atomic E-state index is -4.64. The van der Waals surface area contributed by atoms with E-state index in [1.54, 1.807) is 0 Å². The van der Waals surface area contributed by atoms with E-state index in [1.807, 2.05) is 0 Å². The van der Waals surface area contributed by atoms with E-state index in [-0.39, 0.29) is 81.1 Å². The van der Waals surface area contributed by atoms with Gasteiger partial charge in [0.15, 0.2) is 0 Å². The van der Waals surface area contributed by atoms with Crippen LogP contribution < -0.4 is 0 Å². The quantitative estimate of drug-likeness (QED) is 0.392. The van der Waals surface area contributed by atoms with Gasteiger partial charge < -0.3 is 17.5 Å². The van der Waals surface area contributed by atoms with Crippen LogP contribution in [0.5, 0.6) is 0 Å². The van der Waals surface area contributed by atoms with Crippen molar-refractivity contribution in [2.75, 3.05) is 0 Å². The van der Waals surface area contributed by atoms with Crippen molar-refractivity contribution in [3.8, 4) is 0 Å². The molecule has 0 aliphatic carbocycles. The molecule has 0 atom stereocenters. The monoisotopic (exact) mass is 302 g/mol. The summed E-state index contributed by atoms with van der Waals surface area (Å²) in [5.41, 5.74) is 0. The Kier molecular flexibility index (Phi) is 27.1. The molecule has 0 rings (SSSR count). The van der Waals surface area contributed by atoms with Crippen LogP contribution in [0.25, 0.3) is 0 Å². The van der Waals surface area contributed by atoms with E-state index in [1.165, 1.54) is 0 Å². The maximum atomic E-state index is 8.88. The Bertz CT molecular complexity index is 69.4. The van der Waals surface area contributed by atoms with Crippen molar-refractivity contribution >= 4 is 45.6 Å². The van der Waals surface area contributed by atoms with Crippen molar-refractivity contribution in [2.45, 2.75) is 0 Å². The maximum absolute atomic E-state index is 8.88. The van der Waals surface area contributed by atoms with Crippen LogP contribution in [0.4, 0.5) is 0 Å². The summed E-state index contributed by atoms with van der Waals surface area (Å²) in [4.78, 5) is 21.6. The summed E-state index contributed by atoms with van der Waals surface area (Å²) in [5.74, 6) is 0. The van der Waals surface area contributed by atoms with Crippen molar-refractivity contribution in [2.24, 2.45) is 0 Å². The van der Waals surface area contributed by atoms with Crippen LogP contribution >= 0.6 is 7.82 Å². The normalized spacial score (nSPS) is 7.38. The fraction of sp³-hybridized carbons (Fsp3) is 0. The molecule has 0 saturated heterocycles. The summed E-state index contributed by atoms with van der Waals surface area (Å²) >= 11 is 0. The SMILES string of the molecule is O=P(O)(O)O.[Ca+2].[H-].[H-].[Mo].[Zn]. The third-order valence-electron chi connectivity index (χ3n) is 0. The standard InChI is InChI=1S/Ca.Mo.H3O4P.Zn.2H/c;;1-5(2,3)4;;;/h;;(H3,1,2,3,4);;;/q+2;;;;2*-1. The first kappa shape index (κ1) is 22.4. The number of hydrogen-bond donors (Lipinski definition) is 3. The Morgan fingerprint density at radius 3 is 1.25 bits per heavy atom. The zero-order chi connectivity index (χ0) is 4.50. The summed E-state index contributed by atoms with van der Waals surface area (Å²) in [7, 11) is -4.64. The summed E-state index contributed by atoms with van der Waals surface area (Å²) in [6.07, 6.45) is 0. The van der Waals surface area contributed by atoms with E-state index in [0.717, 1.165) is 0 Å². The van der Waals surface area contributed by atoms with E-state index >= 15 is 0 Å². The van der Waals surface area contributed by atoms with Crippen LogP contribution in [0.3, 0.4) is 0 Å². The van der Waals surface area contributed by atoms with Gasteiger partial charge in [-0.2, -0.15) is 0 Å². The first-order valence-corrected chi connectivity index (χ1v) is 2.35. The Labute approximate surface area is 107 Å². The molecule has 4 nitrogen and oxygen atoms in total. The second-order valence-electron chi connectivity index (χ2n) is 0.513. The molecule has 0 fully saturated rings. The zero-order valence-corrected chi connectivity index (χ0v) is 12.1. The number of phosphoric acid groups is 1. The Balaban J connectivity index is -0.00000000800. The minimum absolute atomic E-state index is 0. The van der Waals surface area contributed by atoms with Gasteiger partial charge in [0, 0.05) is 40.5 Å². The van der Waals surface area contributed by atoms with E-state index in [0.29, 0.717) is 0 Å². The Hall–Kier alpha value is 2.68. The molecule has 0 spiro atoms. The van der Waals surface area contributed by atoms with E-state index < -0.39 is 7.82 Å². The van der Waals surface area contributed by atoms with Gasteiger partial charge in [-0.05, 0) is 0 Å². The van der Waals surface area contributed by atoms with E-state index in [4.69, 9.17) is 19.2 Å². The predicted octanol–water partition coefficient (Wildman–Crippen LogP) is -1.09. The molecule has 0 unspecified atom stereocenters. The van der Waals surface area contributed by atoms with Gasteiger partial charge in [-0.25, -0.2) is 4.57 Å². The van der Waals surface area contributed by atoms with E-state index in [9.17, 15) is 0 Å². The molecule has 0 heterocycles. The molecule has 0 amide bonds. The molecule has 0 aliphatic rings. The van der Waals surface area contributed by atoms with Gasteiger partial charge in [0.05, 0.1) is 0 Å². The largest absolute Gasteiger partial charge is 2.00 e. The number of rotatable bonds is 0. The predicted molar refractivity (Wildman–Crippen MR) is 22.2 cm³/mol. The zero-order valence-electron chi connectivity index (χ0n) is 6.02. The van der Waals surface area contributed by atoms with Crippen molar-refractivity contribution in [1.29, 1.82) is 0 Å². The molecule has 8 heavy (non-hydrogen) atoms. The molecule has 0 saturated carbocycles. The van der Waals surface area contributed by atoms with Gasteiger partial charge in [-0.1, -0.05) is 0 Å². The second kappa shape index (κ2) is 9.68. The third kappa shape index (κ3) is 71.2. The molecule has 44 valence electrons. The van der Waals surface area contributed by atoms with Crippen molar-refractivity contribution in [3.63, 3.8) is 0 Å². The van der Waals surface area contributed by atoms with Crippen molar-refractivity contribution in [1.82, 2.24) is 0 Å². The van der Waals surface area contributed by atoms with Crippen LogP contribution in [0, 0.1) is 0 Å². The molecule has 8 heteroatoms. The van der Waals surface area contributed by atoms with Gasteiger partial charge >= 0.3 is 45.6 Å². The fourth-order valence-corrected chi connectivity index (χ4v) is 0. The van der Waals surface area contributed by atoms with Gasteiger partial charge in [-0.15, -0.1) is 0 Å². The first-order valence-electron chi connectivity index (χ1n) is 0.783. The smallest absolute Gasteiger partial charge is 1.00 e.